The third-order valence-corrected chi connectivity index (χ3v) is 3.76. The lowest BCUT2D eigenvalue weighted by Gasteiger charge is -2.28. The normalized spacial score (nSPS) is 16.8. The fraction of sp³-hybridized carbons (Fsp3) is 0.467. The Kier molecular flexibility index (Phi) is 4.15. The molecular formula is C15H20N4O3. The van der Waals surface area contributed by atoms with Crippen molar-refractivity contribution < 1.29 is 14.4 Å². The van der Waals surface area contributed by atoms with Gasteiger partial charge in [0.2, 0.25) is 0 Å². The number of amides is 1. The van der Waals surface area contributed by atoms with Crippen molar-refractivity contribution in [1.82, 2.24) is 14.6 Å². The van der Waals surface area contributed by atoms with Crippen LogP contribution in [0.2, 0.25) is 0 Å². The minimum atomic E-state index is -0.539. The average molecular weight is 304 g/mol. The molecule has 1 aliphatic heterocycles. The summed E-state index contributed by atoms with van der Waals surface area (Å²) in [6, 6.07) is 7.89. The summed E-state index contributed by atoms with van der Waals surface area (Å²) in [5.74, 6) is -0.539. The first-order chi connectivity index (χ1) is 10.6. The smallest absolute Gasteiger partial charge is 0.331 e. The van der Waals surface area contributed by atoms with Crippen LogP contribution in [0.1, 0.15) is 12.8 Å². The van der Waals surface area contributed by atoms with Crippen molar-refractivity contribution in [1.29, 1.82) is 0 Å². The van der Waals surface area contributed by atoms with Crippen LogP contribution in [-0.4, -0.2) is 53.4 Å². The van der Waals surface area contributed by atoms with E-state index in [0.717, 1.165) is 37.0 Å². The van der Waals surface area contributed by atoms with Crippen molar-refractivity contribution in [2.24, 2.45) is 5.73 Å². The van der Waals surface area contributed by atoms with Crippen molar-refractivity contribution in [2.75, 3.05) is 26.7 Å². The summed E-state index contributed by atoms with van der Waals surface area (Å²) in [5.41, 5.74) is 6.67. The van der Waals surface area contributed by atoms with Crippen LogP contribution in [0.5, 0.6) is 6.01 Å². The molecule has 1 amide bonds. The Bertz CT molecular complexity index is 662. The number of carbonyl (C=O) groups is 1. The van der Waals surface area contributed by atoms with Gasteiger partial charge in [-0.15, -0.1) is 4.73 Å². The topological polar surface area (TPSA) is 82.6 Å². The number of carbonyl (C=O) groups excluding carboxylic acids is 1. The Hall–Kier alpha value is -2.28. The molecule has 1 fully saturated rings. The number of primary amides is 1. The van der Waals surface area contributed by atoms with Crippen LogP contribution in [0.3, 0.4) is 0 Å². The number of fused-ring (bicyclic) bond motifs is 1. The van der Waals surface area contributed by atoms with Crippen molar-refractivity contribution in [3.63, 3.8) is 0 Å². The first-order valence-corrected chi connectivity index (χ1v) is 7.38. The number of hydrogen-bond acceptors (Lipinski definition) is 5. The lowest BCUT2D eigenvalue weighted by molar-refractivity contribution is -0.122. The molecule has 0 atom stereocenters. The van der Waals surface area contributed by atoms with Gasteiger partial charge in [-0.2, -0.15) is 4.98 Å². The Morgan fingerprint density at radius 3 is 2.82 bits per heavy atom. The predicted octanol–water partition coefficient (Wildman–Crippen LogP) is 0.423. The quantitative estimate of drug-likeness (QED) is 0.866. The zero-order valence-corrected chi connectivity index (χ0v) is 12.6. The molecule has 3 rings (SSSR count). The number of ether oxygens (including phenoxy) is 1. The molecule has 0 unspecified atom stereocenters. The monoisotopic (exact) mass is 304 g/mol. The molecule has 0 saturated carbocycles. The standard InChI is InChI=1S/C15H20N4O3/c1-18-8-6-11(7-9-18)22-15-17-12-4-2-3-5-13(12)19(15)21-10-14(16)20/h2-5,11H,6-10H2,1H3,(H2,16,20). The number of rotatable bonds is 5. The highest BCUT2D eigenvalue weighted by molar-refractivity contribution is 5.77. The van der Waals surface area contributed by atoms with E-state index in [-0.39, 0.29) is 12.7 Å². The van der Waals surface area contributed by atoms with Crippen LogP contribution in [-0.2, 0) is 4.79 Å². The van der Waals surface area contributed by atoms with Gasteiger partial charge in [0.15, 0.2) is 6.61 Å². The number of nitrogens with two attached hydrogens (primary N) is 1. The summed E-state index contributed by atoms with van der Waals surface area (Å²) in [5, 5.41) is 0. The lowest BCUT2D eigenvalue weighted by atomic mass is 10.1. The number of nitrogens with zero attached hydrogens (tertiary/aromatic N) is 3. The molecule has 0 spiro atoms. The van der Waals surface area contributed by atoms with Gasteiger partial charge >= 0.3 is 6.01 Å². The second-order valence-electron chi connectivity index (χ2n) is 5.54. The second-order valence-corrected chi connectivity index (χ2v) is 5.54. The van der Waals surface area contributed by atoms with E-state index in [1.165, 1.54) is 4.73 Å². The molecule has 2 heterocycles. The summed E-state index contributed by atoms with van der Waals surface area (Å²) in [4.78, 5) is 23.2. The molecule has 0 bridgehead atoms. The molecule has 118 valence electrons. The maximum atomic E-state index is 11.0. The van der Waals surface area contributed by atoms with Crippen LogP contribution < -0.4 is 15.3 Å². The minimum Gasteiger partial charge on any atom is -0.459 e. The number of hydrogen-bond donors (Lipinski definition) is 1. The summed E-state index contributed by atoms with van der Waals surface area (Å²) < 4.78 is 7.46. The largest absolute Gasteiger partial charge is 0.459 e. The molecule has 1 saturated heterocycles. The van der Waals surface area contributed by atoms with E-state index in [1.807, 2.05) is 24.3 Å². The number of likely N-dealkylation sites (tertiary alicyclic amines) is 1. The number of para-hydroxylation sites is 2. The third kappa shape index (κ3) is 3.14. The van der Waals surface area contributed by atoms with Crippen LogP contribution in [0.25, 0.3) is 11.0 Å². The summed E-state index contributed by atoms with van der Waals surface area (Å²) >= 11 is 0. The minimum absolute atomic E-state index is 0.101. The molecule has 1 aromatic heterocycles. The number of imidazole rings is 1. The van der Waals surface area contributed by atoms with Crippen molar-refractivity contribution in [2.45, 2.75) is 18.9 Å². The van der Waals surface area contributed by atoms with E-state index in [4.69, 9.17) is 15.3 Å². The van der Waals surface area contributed by atoms with Gasteiger partial charge in [0.1, 0.15) is 11.6 Å². The lowest BCUT2D eigenvalue weighted by Crippen LogP contribution is -2.36. The van der Waals surface area contributed by atoms with Crippen molar-refractivity contribution in [3.05, 3.63) is 24.3 Å². The Balaban J connectivity index is 1.83. The van der Waals surface area contributed by atoms with Gasteiger partial charge < -0.3 is 20.2 Å². The summed E-state index contributed by atoms with van der Waals surface area (Å²) in [6.45, 7) is 1.77. The highest BCUT2D eigenvalue weighted by atomic mass is 16.7. The first kappa shape index (κ1) is 14.6. The van der Waals surface area contributed by atoms with Crippen LogP contribution in [0.4, 0.5) is 0 Å². The van der Waals surface area contributed by atoms with Gasteiger partial charge in [-0.1, -0.05) is 12.1 Å². The molecule has 7 nitrogen and oxygen atoms in total. The van der Waals surface area contributed by atoms with Gasteiger partial charge in [-0.05, 0) is 32.0 Å². The molecule has 2 N–H and O–H groups in total. The SMILES string of the molecule is CN1CCC(Oc2nc3ccccc3n2OCC(N)=O)CC1. The van der Waals surface area contributed by atoms with E-state index < -0.39 is 5.91 Å². The first-order valence-electron chi connectivity index (χ1n) is 7.38. The van der Waals surface area contributed by atoms with E-state index in [9.17, 15) is 4.79 Å². The van der Waals surface area contributed by atoms with Gasteiger partial charge in [-0.25, -0.2) is 0 Å². The van der Waals surface area contributed by atoms with E-state index >= 15 is 0 Å². The second kappa shape index (κ2) is 6.23. The van der Waals surface area contributed by atoms with Crippen LogP contribution >= 0.6 is 0 Å². The maximum Gasteiger partial charge on any atom is 0.331 e. The van der Waals surface area contributed by atoms with Gasteiger partial charge in [-0.3, -0.25) is 4.79 Å². The van der Waals surface area contributed by atoms with Gasteiger partial charge in [0, 0.05) is 13.1 Å². The fourth-order valence-electron chi connectivity index (χ4n) is 2.56. The van der Waals surface area contributed by atoms with Gasteiger partial charge in [0.25, 0.3) is 5.91 Å². The predicted molar refractivity (Wildman–Crippen MR) is 81.5 cm³/mol. The molecule has 1 aromatic carbocycles. The Morgan fingerprint density at radius 1 is 1.36 bits per heavy atom. The van der Waals surface area contributed by atoms with Crippen LogP contribution in [0, 0.1) is 0 Å². The molecule has 0 aliphatic carbocycles. The zero-order valence-electron chi connectivity index (χ0n) is 12.6. The van der Waals surface area contributed by atoms with Crippen molar-refractivity contribution >= 4 is 16.9 Å². The molecule has 7 heteroatoms. The maximum absolute atomic E-state index is 11.0. The Labute approximate surface area is 128 Å². The molecule has 22 heavy (non-hydrogen) atoms. The molecule has 2 aromatic rings. The van der Waals surface area contributed by atoms with Gasteiger partial charge in [0.05, 0.1) is 5.52 Å². The highest BCUT2D eigenvalue weighted by Crippen LogP contribution is 2.23. The number of piperidine rings is 1. The fourth-order valence-corrected chi connectivity index (χ4v) is 2.56. The number of benzene rings is 1. The van der Waals surface area contributed by atoms with E-state index in [2.05, 4.69) is 16.9 Å². The number of aromatic nitrogens is 2. The Morgan fingerprint density at radius 2 is 2.09 bits per heavy atom. The van der Waals surface area contributed by atoms with Crippen molar-refractivity contribution in [3.8, 4) is 6.01 Å². The zero-order chi connectivity index (χ0) is 15.5. The van der Waals surface area contributed by atoms with Crippen LogP contribution in [0.15, 0.2) is 24.3 Å². The highest BCUT2D eigenvalue weighted by Gasteiger charge is 2.22. The molecule has 1 aliphatic rings. The summed E-state index contributed by atoms with van der Waals surface area (Å²) in [7, 11) is 2.10. The van der Waals surface area contributed by atoms with E-state index in [1.54, 1.807) is 0 Å². The molecular weight excluding hydrogens is 284 g/mol. The van der Waals surface area contributed by atoms with E-state index in [0.29, 0.717) is 6.01 Å². The third-order valence-electron chi connectivity index (χ3n) is 3.76. The molecule has 0 radical (unpaired) electrons. The summed E-state index contributed by atoms with van der Waals surface area (Å²) in [6.07, 6.45) is 1.98. The average Bonchev–Trinajstić information content (AvgIpc) is 2.85.